The van der Waals surface area contributed by atoms with Crippen LogP contribution in [0.25, 0.3) is 128 Å². The molecular formula is C96H42Br3N9O5S10. The Morgan fingerprint density at radius 3 is 1.10 bits per heavy atom. The van der Waals surface area contributed by atoms with Gasteiger partial charge in [-0.1, -0.05) is 191 Å². The number of fused-ring (bicyclic) bond motifs is 6. The van der Waals surface area contributed by atoms with Crippen LogP contribution < -0.4 is 28.9 Å². The zero-order valence-corrected chi connectivity index (χ0v) is 74.8. The quantitative estimate of drug-likeness (QED) is 0.156. The van der Waals surface area contributed by atoms with Crippen LogP contribution in [0.4, 0.5) is 51.2 Å². The molecule has 0 bridgehead atoms. The molecule has 21 aromatic rings. The van der Waals surface area contributed by atoms with Crippen LogP contribution in [0.5, 0.6) is 34.5 Å². The lowest BCUT2D eigenvalue weighted by molar-refractivity contribution is 0.442. The first kappa shape index (κ1) is 64.0. The standard InChI is InChI=1S/C32H14BrN3O4S.C32H14BrN3OS4.C32H14BrN3S5/c33-16-13-25-28-26(14-16)41-30-17(32-35-19-6-2-4-8-21(19)40-32)9-10-22-29(30)36(28)27-23(37-22)11-15(12-24(27)38-25)31-34-18-5-1-3-7-20(18)39-31;33-17-13-21-29-27(14-17)39-26-12-16(32-35-19-6-2-4-8-23(19)41-32)11-25-30(26)36(29)28-20(37-21)9-15(10-24(28)38-25)31-34-18-5-1-3-7-22(18)40-31;33-17-13-26-30-27(14-17)39-25-12-16(32-35-19-6-2-4-8-21(19)41-32)10-23-29(25)36(30)28-22(37-23)9-15(11-24(28)38-26)31-34-18-5-1-3-7-20(18)40-31/h3*1-14H/i;1D,2D,3D,4D,5D,6D,7D,8D;. The third-order valence-electron chi connectivity index (χ3n) is 22.0. The van der Waals surface area contributed by atoms with Gasteiger partial charge in [-0.25, -0.2) is 29.9 Å². The van der Waals surface area contributed by atoms with Crippen molar-refractivity contribution >= 4 is 278 Å². The van der Waals surface area contributed by atoms with Crippen molar-refractivity contribution in [3.63, 3.8) is 0 Å². The summed E-state index contributed by atoms with van der Waals surface area (Å²) in [5.74, 6) is 5.19. The number of oxazole rings is 2. The maximum atomic E-state index is 8.45. The van der Waals surface area contributed by atoms with Crippen LogP contribution in [0.15, 0.2) is 336 Å². The summed E-state index contributed by atoms with van der Waals surface area (Å²) < 4.78 is 104. The molecular weight excluding hydrogens is 1920 g/mol. The summed E-state index contributed by atoms with van der Waals surface area (Å²) in [5.41, 5.74) is 20.7. The van der Waals surface area contributed by atoms with Gasteiger partial charge in [0.1, 0.15) is 59.5 Å². The highest BCUT2D eigenvalue weighted by molar-refractivity contribution is 9.11. The Morgan fingerprint density at radius 2 is 0.610 bits per heavy atom. The minimum Gasteiger partial charge on any atom is -0.453 e. The summed E-state index contributed by atoms with van der Waals surface area (Å²) in [6.07, 6.45) is 0. The first-order chi connectivity index (χ1) is 63.8. The minimum absolute atomic E-state index is 0.0979. The molecule has 0 radical (unpaired) electrons. The van der Waals surface area contributed by atoms with Crippen molar-refractivity contribution in [2.45, 2.75) is 58.7 Å². The van der Waals surface area contributed by atoms with Crippen molar-refractivity contribution in [2.75, 3.05) is 14.7 Å². The fourth-order valence-corrected chi connectivity index (χ4v) is 30.0. The lowest BCUT2D eigenvalue weighted by Crippen LogP contribution is -2.24. The monoisotopic (exact) mass is 1960 g/mol. The summed E-state index contributed by atoms with van der Waals surface area (Å²) in [6, 6.07) is 68.6. The third kappa shape index (κ3) is 11.2. The maximum absolute atomic E-state index is 8.45. The van der Waals surface area contributed by atoms with Crippen LogP contribution in [0.2, 0.25) is 0 Å². The van der Waals surface area contributed by atoms with Gasteiger partial charge >= 0.3 is 0 Å². The van der Waals surface area contributed by atoms with Crippen molar-refractivity contribution < 1.29 is 34.0 Å². The highest BCUT2D eigenvalue weighted by Gasteiger charge is 2.46. The molecule has 0 N–H and O–H groups in total. The normalized spacial score (nSPS) is 14.8. The molecule has 0 fully saturated rings. The van der Waals surface area contributed by atoms with E-state index in [0.29, 0.717) is 54.2 Å². The molecule has 0 atom stereocenters. The predicted molar refractivity (Wildman–Crippen MR) is 512 cm³/mol. The molecule has 9 aliphatic rings. The van der Waals surface area contributed by atoms with E-state index < -0.39 is 0 Å². The highest BCUT2D eigenvalue weighted by atomic mass is 79.9. The van der Waals surface area contributed by atoms with Crippen molar-refractivity contribution in [1.82, 2.24) is 29.9 Å². The van der Waals surface area contributed by atoms with E-state index in [1.54, 1.807) is 58.0 Å². The van der Waals surface area contributed by atoms with Gasteiger partial charge in [0.15, 0.2) is 45.7 Å². The topological polar surface area (TPSA) is 141 Å². The maximum Gasteiger partial charge on any atom is 0.228 e. The molecule has 582 valence electrons. The molecule has 0 amide bonds. The molecule has 14 nitrogen and oxygen atoms in total. The number of benzene rings is 15. The molecule has 0 saturated carbocycles. The number of halogens is 3. The number of hydrogen-bond acceptors (Lipinski definition) is 24. The van der Waals surface area contributed by atoms with E-state index in [2.05, 4.69) is 177 Å². The number of rotatable bonds is 6. The van der Waals surface area contributed by atoms with Crippen molar-refractivity contribution in [1.29, 1.82) is 0 Å². The molecule has 27 heteroatoms. The van der Waals surface area contributed by atoms with Crippen molar-refractivity contribution in [3.05, 3.63) is 268 Å². The van der Waals surface area contributed by atoms with E-state index in [9.17, 15) is 0 Å². The second-order valence-corrected chi connectivity index (χ2v) is 42.7. The molecule has 0 unspecified atom stereocenters. The SMILES string of the molecule is Brc1cc2c3c(c1)Sc1c(-c4nc5ccccc5o4)ccc4c1N3c1c(cc(-c3nc5ccccc5o3)cc1O4)O2.Brc1cc2c3c(c1)Sc1cc(-c4nc5ccccc5s4)cc4c1N3c1c(cc(-c3nc5ccccc5s3)cc1S4)S2.[2H]c1c([2H])c([2H])c2sc(-c3cc4c5c(c3)Sc3cc(-c6nc7c([2H])c([2H])c([2H])c([2H])c7s6)cc6c3N5c3c(cc(Br)cc3S6)O4)nc2c1[2H]. The Balaban J connectivity index is 0.0000000991. The van der Waals surface area contributed by atoms with E-state index in [1.807, 2.05) is 132 Å². The molecule has 9 aliphatic heterocycles. The van der Waals surface area contributed by atoms with Gasteiger partial charge in [-0.2, -0.15) is 0 Å². The number of hydrogen-bond donors (Lipinski definition) is 0. The first-order valence-electron chi connectivity index (χ1n) is 42.1. The Hall–Kier alpha value is -10.9. The average Bonchev–Trinajstić information content (AvgIpc) is 1.69. The second kappa shape index (κ2) is 27.1. The van der Waals surface area contributed by atoms with Gasteiger partial charge in [0, 0.05) is 95.1 Å². The second-order valence-electron chi connectivity index (χ2n) is 29.4. The van der Waals surface area contributed by atoms with E-state index in [0.717, 1.165) is 154 Å². The van der Waals surface area contributed by atoms with E-state index >= 15 is 0 Å². The molecule has 0 saturated heterocycles. The predicted octanol–water partition coefficient (Wildman–Crippen LogP) is 33.6. The number of anilines is 9. The lowest BCUT2D eigenvalue weighted by atomic mass is 10.0. The van der Waals surface area contributed by atoms with E-state index in [-0.39, 0.29) is 59.4 Å². The van der Waals surface area contributed by atoms with E-state index in [1.165, 1.54) is 89.6 Å². The summed E-state index contributed by atoms with van der Waals surface area (Å²) in [5, 5.41) is 3.28. The van der Waals surface area contributed by atoms with Crippen LogP contribution in [-0.2, 0) is 0 Å². The van der Waals surface area contributed by atoms with Crippen LogP contribution in [-0.4, -0.2) is 29.9 Å². The largest absolute Gasteiger partial charge is 0.453 e. The Labute approximate surface area is 775 Å². The van der Waals surface area contributed by atoms with Crippen LogP contribution in [0.1, 0.15) is 11.0 Å². The summed E-state index contributed by atoms with van der Waals surface area (Å²) >= 11 is 27.6. The summed E-state index contributed by atoms with van der Waals surface area (Å²) in [4.78, 5) is 49.5. The van der Waals surface area contributed by atoms with Crippen molar-refractivity contribution in [3.8, 4) is 99.7 Å². The first-order valence-corrected chi connectivity index (χ1v) is 48.6. The van der Waals surface area contributed by atoms with E-state index in [4.69, 9.17) is 58.9 Å². The summed E-state index contributed by atoms with van der Waals surface area (Å²) in [7, 11) is 0. The van der Waals surface area contributed by atoms with Crippen LogP contribution in [0.3, 0.4) is 0 Å². The third-order valence-corrected chi connectivity index (χ3v) is 34.1. The van der Waals surface area contributed by atoms with Gasteiger partial charge in [0.2, 0.25) is 11.8 Å². The van der Waals surface area contributed by atoms with Gasteiger partial charge in [0.05, 0.1) is 85.0 Å². The molecule has 15 aromatic carbocycles. The van der Waals surface area contributed by atoms with Crippen molar-refractivity contribution in [2.24, 2.45) is 0 Å². The minimum atomic E-state index is -0.316. The smallest absolute Gasteiger partial charge is 0.228 e. The zero-order valence-electron chi connectivity index (χ0n) is 69.9. The molecule has 123 heavy (non-hydrogen) atoms. The molecule has 6 aromatic heterocycles. The Bertz CT molecular complexity index is 8380. The van der Waals surface area contributed by atoms with Gasteiger partial charge in [-0.3, -0.25) is 9.80 Å². The number of aromatic nitrogens is 6. The van der Waals surface area contributed by atoms with Gasteiger partial charge in [0.25, 0.3) is 0 Å². The van der Waals surface area contributed by atoms with Crippen LogP contribution >= 0.6 is 164 Å². The molecule has 30 rings (SSSR count). The summed E-state index contributed by atoms with van der Waals surface area (Å²) in [6.45, 7) is 0. The van der Waals surface area contributed by atoms with Crippen LogP contribution in [0, 0.1) is 0 Å². The fraction of sp³-hybridized carbons (Fsp3) is 0. The molecule has 15 heterocycles. The number of thiazole rings is 4. The molecule has 0 aliphatic carbocycles. The Morgan fingerprint density at radius 1 is 0.268 bits per heavy atom. The number of para-hydroxylation sites is 8. The Kier molecular flexibility index (Phi) is 14.1. The zero-order chi connectivity index (χ0) is 87.4. The van der Waals surface area contributed by atoms with Gasteiger partial charge in [-0.15, -0.1) is 45.3 Å². The lowest BCUT2D eigenvalue weighted by Gasteiger charge is -2.43. The fourth-order valence-electron chi connectivity index (χ4n) is 16.9. The average molecular weight is 1970 g/mol. The number of ether oxygens (including phenoxy) is 3. The number of nitrogens with zero attached hydrogens (tertiary/aromatic N) is 9. The molecule has 0 spiro atoms. The van der Waals surface area contributed by atoms with Gasteiger partial charge < -0.3 is 27.9 Å². The highest BCUT2D eigenvalue weighted by Crippen LogP contribution is 2.73. The van der Waals surface area contributed by atoms with Gasteiger partial charge in [-0.05, 0) is 182 Å².